The van der Waals surface area contributed by atoms with Crippen LogP contribution in [0.2, 0.25) is 0 Å². The summed E-state index contributed by atoms with van der Waals surface area (Å²) in [7, 11) is 0. The molecule has 1 aliphatic carbocycles. The lowest BCUT2D eigenvalue weighted by Gasteiger charge is -2.29. The number of halogens is 1. The molecule has 0 heterocycles. The molecule has 1 saturated carbocycles. The normalized spacial score (nSPS) is 19.8. The number of nitrogens with one attached hydrogen (secondary N) is 2. The van der Waals surface area contributed by atoms with Crippen LogP contribution in [-0.2, 0) is 14.3 Å². The van der Waals surface area contributed by atoms with Crippen LogP contribution >= 0.6 is 0 Å². The van der Waals surface area contributed by atoms with E-state index in [0.717, 1.165) is 31.8 Å². The molecule has 1 aliphatic rings. The predicted molar refractivity (Wildman–Crippen MR) is 94.5 cm³/mol. The van der Waals surface area contributed by atoms with Crippen LogP contribution in [0.5, 0.6) is 0 Å². The van der Waals surface area contributed by atoms with Crippen LogP contribution in [0.1, 0.15) is 38.2 Å². The van der Waals surface area contributed by atoms with Crippen LogP contribution in [0.25, 0.3) is 6.08 Å². The Morgan fingerprint density at radius 1 is 1.19 bits per heavy atom. The molecule has 1 fully saturated rings. The van der Waals surface area contributed by atoms with Crippen molar-refractivity contribution < 1.29 is 23.5 Å². The average molecular weight is 362 g/mol. The highest BCUT2D eigenvalue weighted by molar-refractivity contribution is 5.96. The molecule has 1 aromatic rings. The van der Waals surface area contributed by atoms with Crippen molar-refractivity contribution in [2.75, 3.05) is 6.61 Å². The summed E-state index contributed by atoms with van der Waals surface area (Å²) in [6.45, 7) is 1.52. The standard InChI is InChI=1S/C19H23FN2O4/c1-13-4-2-3-5-16(13)21-19(25)22-17(23)12-26-18(24)11-8-14-6-9-15(20)10-7-14/h6-11,13,16H,2-5,12H2,1H3,(H2,21,22,23,25)/b11-8+/t13-,16-/m1/s1. The average Bonchev–Trinajstić information content (AvgIpc) is 2.61. The van der Waals surface area contributed by atoms with Gasteiger partial charge in [-0.25, -0.2) is 14.0 Å². The predicted octanol–water partition coefficient (Wildman–Crippen LogP) is 2.79. The quantitative estimate of drug-likeness (QED) is 0.623. The number of benzene rings is 1. The summed E-state index contributed by atoms with van der Waals surface area (Å²) in [5.74, 6) is -1.43. The highest BCUT2D eigenvalue weighted by Crippen LogP contribution is 2.23. The van der Waals surface area contributed by atoms with Crippen molar-refractivity contribution in [2.45, 2.75) is 38.6 Å². The number of rotatable bonds is 5. The van der Waals surface area contributed by atoms with Crippen molar-refractivity contribution in [1.29, 1.82) is 0 Å². The largest absolute Gasteiger partial charge is 0.452 e. The number of urea groups is 1. The maximum Gasteiger partial charge on any atom is 0.331 e. The second-order valence-electron chi connectivity index (χ2n) is 6.38. The fourth-order valence-corrected chi connectivity index (χ4v) is 2.82. The van der Waals surface area contributed by atoms with E-state index in [1.54, 1.807) is 0 Å². The molecule has 0 spiro atoms. The Balaban J connectivity index is 1.69. The van der Waals surface area contributed by atoms with Gasteiger partial charge in [0, 0.05) is 12.1 Å². The molecule has 0 unspecified atom stereocenters. The lowest BCUT2D eigenvalue weighted by molar-refractivity contribution is -0.143. The maximum absolute atomic E-state index is 12.8. The minimum absolute atomic E-state index is 0.0535. The van der Waals surface area contributed by atoms with E-state index in [1.807, 2.05) is 0 Å². The van der Waals surface area contributed by atoms with Crippen LogP contribution in [-0.4, -0.2) is 30.6 Å². The van der Waals surface area contributed by atoms with Gasteiger partial charge in [-0.05, 0) is 42.5 Å². The van der Waals surface area contributed by atoms with Crippen LogP contribution in [0.15, 0.2) is 30.3 Å². The van der Waals surface area contributed by atoms with Crippen molar-refractivity contribution in [3.8, 4) is 0 Å². The first-order valence-electron chi connectivity index (χ1n) is 8.65. The zero-order valence-electron chi connectivity index (χ0n) is 14.7. The van der Waals surface area contributed by atoms with E-state index >= 15 is 0 Å². The van der Waals surface area contributed by atoms with Crippen LogP contribution in [0.4, 0.5) is 9.18 Å². The summed E-state index contributed by atoms with van der Waals surface area (Å²) < 4.78 is 17.5. The molecule has 0 saturated heterocycles. The second kappa shape index (κ2) is 9.70. The molecule has 7 heteroatoms. The Kier molecular flexibility index (Phi) is 7.32. The molecule has 6 nitrogen and oxygen atoms in total. The Hall–Kier alpha value is -2.70. The Labute approximate surface area is 151 Å². The maximum atomic E-state index is 12.8. The summed E-state index contributed by atoms with van der Waals surface area (Å²) in [5.41, 5.74) is 0.619. The van der Waals surface area contributed by atoms with Gasteiger partial charge in [0.15, 0.2) is 6.61 Å². The number of hydrogen-bond acceptors (Lipinski definition) is 4. The van der Waals surface area contributed by atoms with E-state index in [-0.39, 0.29) is 11.9 Å². The number of amides is 3. The van der Waals surface area contributed by atoms with Crippen molar-refractivity contribution in [3.63, 3.8) is 0 Å². The number of esters is 1. The van der Waals surface area contributed by atoms with Crippen molar-refractivity contribution in [3.05, 3.63) is 41.7 Å². The highest BCUT2D eigenvalue weighted by atomic mass is 19.1. The van der Waals surface area contributed by atoms with Crippen LogP contribution in [0.3, 0.4) is 0 Å². The summed E-state index contributed by atoms with van der Waals surface area (Å²) in [6.07, 6.45) is 6.73. The van der Waals surface area contributed by atoms with Gasteiger partial charge in [-0.1, -0.05) is 31.9 Å². The first-order chi connectivity index (χ1) is 12.4. The van der Waals surface area contributed by atoms with Gasteiger partial charge in [0.05, 0.1) is 0 Å². The minimum atomic E-state index is -0.731. The first kappa shape index (κ1) is 19.6. The zero-order valence-corrected chi connectivity index (χ0v) is 14.7. The number of carbonyl (C=O) groups excluding carboxylic acids is 3. The molecule has 0 aromatic heterocycles. The van der Waals surface area contributed by atoms with Gasteiger partial charge in [0.25, 0.3) is 5.91 Å². The lowest BCUT2D eigenvalue weighted by Crippen LogP contribution is -2.48. The van der Waals surface area contributed by atoms with Crippen molar-refractivity contribution in [1.82, 2.24) is 10.6 Å². The lowest BCUT2D eigenvalue weighted by atomic mass is 9.86. The van der Waals surface area contributed by atoms with E-state index in [4.69, 9.17) is 4.74 Å². The molecule has 2 rings (SSSR count). The molecule has 0 radical (unpaired) electrons. The van der Waals surface area contributed by atoms with E-state index in [0.29, 0.717) is 11.5 Å². The molecule has 140 valence electrons. The summed E-state index contributed by atoms with van der Waals surface area (Å²) in [4.78, 5) is 35.1. The van der Waals surface area contributed by atoms with Gasteiger partial charge in [0.1, 0.15) is 5.82 Å². The number of ether oxygens (including phenoxy) is 1. The molecule has 3 amide bonds. The Morgan fingerprint density at radius 2 is 1.88 bits per heavy atom. The fraction of sp³-hybridized carbons (Fsp3) is 0.421. The van der Waals surface area contributed by atoms with Gasteiger partial charge in [0.2, 0.25) is 0 Å². The molecule has 1 aromatic carbocycles. The van der Waals surface area contributed by atoms with Gasteiger partial charge in [-0.3, -0.25) is 10.1 Å². The number of imide groups is 1. The first-order valence-corrected chi connectivity index (χ1v) is 8.65. The van der Waals surface area contributed by atoms with E-state index in [2.05, 4.69) is 17.6 Å². The van der Waals surface area contributed by atoms with E-state index in [9.17, 15) is 18.8 Å². The van der Waals surface area contributed by atoms with Gasteiger partial charge in [-0.2, -0.15) is 0 Å². The van der Waals surface area contributed by atoms with Gasteiger partial charge in [-0.15, -0.1) is 0 Å². The third-order valence-electron chi connectivity index (χ3n) is 4.31. The molecular weight excluding hydrogens is 339 g/mol. The molecule has 0 bridgehead atoms. The second-order valence-corrected chi connectivity index (χ2v) is 6.38. The van der Waals surface area contributed by atoms with E-state index in [1.165, 1.54) is 30.3 Å². The zero-order chi connectivity index (χ0) is 18.9. The Bertz CT molecular complexity index is 673. The summed E-state index contributed by atoms with van der Waals surface area (Å²) in [5, 5.41) is 4.93. The molecule has 2 N–H and O–H groups in total. The van der Waals surface area contributed by atoms with Gasteiger partial charge < -0.3 is 10.1 Å². The fourth-order valence-electron chi connectivity index (χ4n) is 2.82. The smallest absolute Gasteiger partial charge is 0.331 e. The third-order valence-corrected chi connectivity index (χ3v) is 4.31. The highest BCUT2D eigenvalue weighted by Gasteiger charge is 2.23. The van der Waals surface area contributed by atoms with Crippen LogP contribution in [0, 0.1) is 11.7 Å². The molecule has 26 heavy (non-hydrogen) atoms. The third kappa shape index (κ3) is 6.66. The minimum Gasteiger partial charge on any atom is -0.452 e. The Morgan fingerprint density at radius 3 is 2.58 bits per heavy atom. The molecule has 2 atom stereocenters. The van der Waals surface area contributed by atoms with E-state index < -0.39 is 24.5 Å². The number of carbonyl (C=O) groups is 3. The topological polar surface area (TPSA) is 84.5 Å². The molecule has 0 aliphatic heterocycles. The van der Waals surface area contributed by atoms with Gasteiger partial charge >= 0.3 is 12.0 Å². The molecular formula is C19H23FN2O4. The summed E-state index contributed by atoms with van der Waals surface area (Å²) >= 11 is 0. The van der Waals surface area contributed by atoms with Crippen molar-refractivity contribution in [2.24, 2.45) is 5.92 Å². The SMILES string of the molecule is C[C@@H]1CCCC[C@H]1NC(=O)NC(=O)COC(=O)/C=C/c1ccc(F)cc1. The monoisotopic (exact) mass is 362 g/mol. The summed E-state index contributed by atoms with van der Waals surface area (Å²) in [6, 6.07) is 5.02. The van der Waals surface area contributed by atoms with Crippen molar-refractivity contribution >= 4 is 24.0 Å². The van der Waals surface area contributed by atoms with Crippen LogP contribution < -0.4 is 10.6 Å². The number of hydrogen-bond donors (Lipinski definition) is 2.